The third-order valence-corrected chi connectivity index (χ3v) is 31.1. The van der Waals surface area contributed by atoms with E-state index >= 15 is 0 Å². The molecule has 0 spiro atoms. The molecule has 4 N–H and O–H groups in total. The monoisotopic (exact) mass is 1320 g/mol. The zero-order valence-corrected chi connectivity index (χ0v) is 58.1. The standard InChI is InChI=1S/2C25H40F2O4.C25H36F2O4/c3*1-14(5-8-21(30)31-4)16-6-7-17-22-18(9-10-23(16,17)2)24(3)13-25(26,27)20(29)12-15(24)11-19(22)28/h2*14-20,22,28-29H,5-13H2,1-4H3;14-18,22H,5-13H2,1-4H3/t14-,15-,16-,17?,18?,19+,20+,22?,23-,24+;14-,15-,16-,17?,18?,19-,20+,22?,23-,24+;14-,15-,16-,17?,18?,22?,23-,24+/m111/s1. The van der Waals surface area contributed by atoms with Crippen LogP contribution in [-0.2, 0) is 38.2 Å². The molecule has 93 heavy (non-hydrogen) atoms. The molecule has 12 fully saturated rings. The number of esters is 3. The van der Waals surface area contributed by atoms with E-state index in [0.717, 1.165) is 96.3 Å². The Kier molecular flexibility index (Phi) is 20.7. The van der Waals surface area contributed by atoms with Crippen molar-refractivity contribution in [1.82, 2.24) is 0 Å². The number of halogens is 6. The van der Waals surface area contributed by atoms with Gasteiger partial charge in [0.05, 0.1) is 33.5 Å². The molecule has 0 aromatic rings. The van der Waals surface area contributed by atoms with Crippen LogP contribution in [0.25, 0.3) is 0 Å². The van der Waals surface area contributed by atoms with E-state index in [1.807, 2.05) is 20.8 Å². The maximum absolute atomic E-state index is 14.6. The Morgan fingerprint density at radius 1 is 0.441 bits per heavy atom. The number of aliphatic hydroxyl groups is 4. The van der Waals surface area contributed by atoms with Crippen LogP contribution in [0, 0.1) is 139 Å². The van der Waals surface area contributed by atoms with E-state index in [4.69, 9.17) is 14.2 Å². The van der Waals surface area contributed by atoms with Gasteiger partial charge in [0.25, 0.3) is 11.8 Å². The number of carbonyl (C=O) groups is 5. The first-order valence-electron chi connectivity index (χ1n) is 36.4. The van der Waals surface area contributed by atoms with Gasteiger partial charge in [-0.3, -0.25) is 24.0 Å². The Labute approximate surface area is 550 Å². The van der Waals surface area contributed by atoms with Crippen LogP contribution in [0.15, 0.2) is 0 Å². The maximum Gasteiger partial charge on any atom is 0.305 e. The third-order valence-electron chi connectivity index (χ3n) is 31.1. The Morgan fingerprint density at radius 3 is 1.14 bits per heavy atom. The fraction of sp³-hybridized carbons (Fsp3) is 0.933. The molecule has 18 heteroatoms. The van der Waals surface area contributed by atoms with Crippen LogP contribution in [0.2, 0.25) is 0 Å². The van der Waals surface area contributed by atoms with Gasteiger partial charge < -0.3 is 34.6 Å². The fourth-order valence-corrected chi connectivity index (χ4v) is 26.1. The molecule has 12 aliphatic carbocycles. The summed E-state index contributed by atoms with van der Waals surface area (Å²) in [6.45, 7) is 19.6. The van der Waals surface area contributed by atoms with Gasteiger partial charge in [-0.1, -0.05) is 62.3 Å². The van der Waals surface area contributed by atoms with Gasteiger partial charge in [-0.15, -0.1) is 0 Å². The second-order valence-corrected chi connectivity index (χ2v) is 35.1. The Bertz CT molecular complexity index is 2630. The second-order valence-electron chi connectivity index (χ2n) is 35.1. The van der Waals surface area contributed by atoms with Gasteiger partial charge >= 0.3 is 23.8 Å². The number of alkyl halides is 6. The van der Waals surface area contributed by atoms with Crippen molar-refractivity contribution in [3.8, 4) is 0 Å². The molecule has 0 saturated heterocycles. The molecular formula is C75H116F6O12. The van der Waals surface area contributed by atoms with E-state index in [9.17, 15) is 70.7 Å². The minimum Gasteiger partial charge on any atom is -0.469 e. The minimum absolute atomic E-state index is 0.00254. The van der Waals surface area contributed by atoms with Gasteiger partial charge in [-0.05, 0) is 255 Å². The number of hydrogen-bond acceptors (Lipinski definition) is 12. The molecule has 9 unspecified atom stereocenters. The first-order valence-corrected chi connectivity index (χ1v) is 36.4. The Balaban J connectivity index is 0.000000153. The van der Waals surface area contributed by atoms with Gasteiger partial charge in [0.1, 0.15) is 18.0 Å². The number of rotatable bonds is 12. The van der Waals surface area contributed by atoms with Crippen molar-refractivity contribution in [3.05, 3.63) is 0 Å². The number of Topliss-reactive ketones (excluding diaryl/α,β-unsaturated/α-hetero) is 2. The number of hydrogen-bond donors (Lipinski definition) is 4. The van der Waals surface area contributed by atoms with Crippen LogP contribution in [0.3, 0.4) is 0 Å². The number of aliphatic hydroxyl groups excluding tert-OH is 4. The predicted octanol–water partition coefficient (Wildman–Crippen LogP) is 14.9. The maximum atomic E-state index is 14.6. The van der Waals surface area contributed by atoms with Crippen molar-refractivity contribution in [2.45, 2.75) is 278 Å². The molecule has 0 radical (unpaired) electrons. The van der Waals surface area contributed by atoms with Crippen molar-refractivity contribution < 1.29 is 85.0 Å². The van der Waals surface area contributed by atoms with E-state index in [2.05, 4.69) is 41.5 Å². The average molecular weight is 1320 g/mol. The summed E-state index contributed by atoms with van der Waals surface area (Å²) in [5.74, 6) is -7.51. The highest BCUT2D eigenvalue weighted by Crippen LogP contribution is 2.73. The van der Waals surface area contributed by atoms with Crippen LogP contribution in [0.1, 0.15) is 236 Å². The highest BCUT2D eigenvalue weighted by molar-refractivity contribution is 5.89. The van der Waals surface area contributed by atoms with Crippen molar-refractivity contribution >= 4 is 29.5 Å². The van der Waals surface area contributed by atoms with Crippen molar-refractivity contribution in [1.29, 1.82) is 0 Å². The summed E-state index contributed by atoms with van der Waals surface area (Å²) >= 11 is 0. The SMILES string of the molecule is COC(=O)CC[C@@H](C)[C@H]1CCC2C3C(=O)C[C@@H]4CC(=O)C(F)(F)C[C@]4(C)C3CC[C@@]21C.COC(=O)CC[C@@H](C)[C@H]1CCC2C3C(CC[C@@]21C)[C@@]1(C)CC(F)(F)[C@@H](O)C[C@H]1C[C@@H]3O.COC(=O)CC[C@@H](C)[C@H]1CCC2C3C(CC[C@@]21C)[C@@]1(C)CC(F)(F)[C@@H](O)C[C@H]1C[C@H]3O. The number of methoxy groups -OCH3 is 3. The first-order chi connectivity index (χ1) is 43.3. The summed E-state index contributed by atoms with van der Waals surface area (Å²) in [4.78, 5) is 60.2. The predicted molar refractivity (Wildman–Crippen MR) is 338 cm³/mol. The average Bonchev–Trinajstić information content (AvgIpc) is 1.38. The quantitative estimate of drug-likeness (QED) is 0.0822. The van der Waals surface area contributed by atoms with Crippen molar-refractivity contribution in [2.75, 3.05) is 21.3 Å². The molecule has 0 bridgehead atoms. The summed E-state index contributed by atoms with van der Waals surface area (Å²) in [7, 11) is 4.26. The molecular weight excluding hydrogens is 1210 g/mol. The normalized spacial score (nSPS) is 47.9. The van der Waals surface area contributed by atoms with Gasteiger partial charge in [0.2, 0.25) is 5.78 Å². The van der Waals surface area contributed by atoms with Gasteiger partial charge in [-0.25, -0.2) is 17.6 Å². The molecule has 28 atom stereocenters. The van der Waals surface area contributed by atoms with Gasteiger partial charge in [0.15, 0.2) is 0 Å². The molecule has 0 aromatic heterocycles. The number of ether oxygens (including phenoxy) is 3. The highest BCUT2D eigenvalue weighted by Gasteiger charge is 2.70. The summed E-state index contributed by atoms with van der Waals surface area (Å²) in [6, 6.07) is 0. The van der Waals surface area contributed by atoms with Crippen LogP contribution in [-0.4, -0.2) is 113 Å². The Hall–Kier alpha value is -2.83. The number of ketones is 2. The number of fused-ring (bicyclic) bond motifs is 15. The van der Waals surface area contributed by atoms with Crippen LogP contribution in [0.4, 0.5) is 26.3 Å². The lowest BCUT2D eigenvalue weighted by atomic mass is 9.43. The van der Waals surface area contributed by atoms with Crippen molar-refractivity contribution in [2.24, 2.45) is 139 Å². The molecule has 0 heterocycles. The summed E-state index contributed by atoms with van der Waals surface area (Å²) < 4.78 is 102. The van der Waals surface area contributed by atoms with E-state index in [1.165, 1.54) is 21.3 Å². The zero-order valence-electron chi connectivity index (χ0n) is 58.1. The van der Waals surface area contributed by atoms with E-state index in [0.29, 0.717) is 79.4 Å². The minimum atomic E-state index is -3.27. The van der Waals surface area contributed by atoms with E-state index in [-0.39, 0.29) is 138 Å². The fourth-order valence-electron chi connectivity index (χ4n) is 26.1. The highest BCUT2D eigenvalue weighted by atomic mass is 19.3. The van der Waals surface area contributed by atoms with E-state index < -0.39 is 70.6 Å². The molecule has 12 rings (SSSR count). The Morgan fingerprint density at radius 2 is 0.763 bits per heavy atom. The van der Waals surface area contributed by atoms with Crippen LogP contribution in [0.5, 0.6) is 0 Å². The van der Waals surface area contributed by atoms with Crippen LogP contribution >= 0.6 is 0 Å². The van der Waals surface area contributed by atoms with Crippen molar-refractivity contribution in [3.63, 3.8) is 0 Å². The summed E-state index contributed by atoms with van der Waals surface area (Å²) in [5, 5.41) is 42.5. The molecule has 0 amide bonds. The lowest BCUT2D eigenvalue weighted by molar-refractivity contribution is -0.236. The zero-order chi connectivity index (χ0) is 68.3. The van der Waals surface area contributed by atoms with Crippen LogP contribution < -0.4 is 0 Å². The van der Waals surface area contributed by atoms with E-state index in [1.54, 1.807) is 0 Å². The summed E-state index contributed by atoms with van der Waals surface area (Å²) in [6.07, 6.45) is 11.6. The largest absolute Gasteiger partial charge is 0.469 e. The smallest absolute Gasteiger partial charge is 0.305 e. The molecule has 12 aliphatic rings. The summed E-state index contributed by atoms with van der Waals surface area (Å²) in [5.41, 5.74) is -1.53. The molecule has 12 saturated carbocycles. The second kappa shape index (κ2) is 26.4. The number of carbonyl (C=O) groups excluding carboxylic acids is 5. The molecule has 530 valence electrons. The molecule has 0 aromatic carbocycles. The topological polar surface area (TPSA) is 194 Å². The van der Waals surface area contributed by atoms with Gasteiger partial charge in [-0.2, -0.15) is 8.78 Å². The molecule has 12 nitrogen and oxygen atoms in total. The lowest BCUT2D eigenvalue weighted by Crippen LogP contribution is -2.62. The first kappa shape index (κ1) is 72.9. The van der Waals surface area contributed by atoms with Gasteiger partial charge in [0, 0.05) is 57.3 Å². The molecule has 0 aliphatic heterocycles. The third kappa shape index (κ3) is 12.7. The lowest BCUT2D eigenvalue weighted by Gasteiger charge is -2.63.